The normalized spacial score (nSPS) is 15.0. The number of aryl methyl sites for hydroxylation is 2. The van der Waals surface area contributed by atoms with E-state index in [1.54, 1.807) is 0 Å². The second-order valence-corrected chi connectivity index (χ2v) is 6.87. The van der Waals surface area contributed by atoms with E-state index in [1.165, 1.54) is 0 Å². The van der Waals surface area contributed by atoms with Gasteiger partial charge in [-0.15, -0.1) is 0 Å². The van der Waals surface area contributed by atoms with E-state index in [4.69, 9.17) is 4.74 Å². The Bertz CT molecular complexity index is 991. The number of benzene rings is 1. The van der Waals surface area contributed by atoms with E-state index in [2.05, 4.69) is 20.9 Å². The second-order valence-electron chi connectivity index (χ2n) is 6.87. The van der Waals surface area contributed by atoms with E-state index < -0.39 is 0 Å². The van der Waals surface area contributed by atoms with Crippen LogP contribution in [0.5, 0.6) is 5.75 Å². The molecule has 1 aliphatic rings. The van der Waals surface area contributed by atoms with Gasteiger partial charge in [0, 0.05) is 24.7 Å². The predicted octanol–water partition coefficient (Wildman–Crippen LogP) is 3.96. The third-order valence-corrected chi connectivity index (χ3v) is 4.92. The number of morpholine rings is 1. The minimum Gasteiger partial charge on any atom is -0.505 e. The van der Waals surface area contributed by atoms with Gasteiger partial charge in [0.2, 0.25) is 0 Å². The summed E-state index contributed by atoms with van der Waals surface area (Å²) < 4.78 is 5.38. The van der Waals surface area contributed by atoms with Crippen LogP contribution in [-0.2, 0) is 4.74 Å². The highest BCUT2D eigenvalue weighted by molar-refractivity contribution is 5.89. The van der Waals surface area contributed by atoms with Crippen LogP contribution in [0, 0.1) is 13.8 Å². The van der Waals surface area contributed by atoms with Gasteiger partial charge in [0.25, 0.3) is 0 Å². The lowest BCUT2D eigenvalue weighted by molar-refractivity contribution is 0.122. The fourth-order valence-corrected chi connectivity index (χ4v) is 3.38. The molecule has 0 amide bonds. The van der Waals surface area contributed by atoms with Crippen molar-refractivity contribution in [3.8, 4) is 5.75 Å². The molecule has 0 aliphatic carbocycles. The number of aromatic hydroxyl groups is 1. The van der Waals surface area contributed by atoms with Gasteiger partial charge < -0.3 is 14.7 Å². The molecule has 4 rings (SSSR count). The number of nitrogens with zero attached hydrogens (tertiary/aromatic N) is 3. The Morgan fingerprint density at radius 2 is 1.85 bits per heavy atom. The zero-order chi connectivity index (χ0) is 18.8. The maximum absolute atomic E-state index is 10.3. The highest BCUT2D eigenvalue weighted by Gasteiger charge is 2.11. The molecule has 3 heterocycles. The average Bonchev–Trinajstić information content (AvgIpc) is 2.71. The molecule has 0 spiro atoms. The van der Waals surface area contributed by atoms with Crippen LogP contribution >= 0.6 is 0 Å². The van der Waals surface area contributed by atoms with Crippen LogP contribution in [0.1, 0.15) is 22.4 Å². The van der Waals surface area contributed by atoms with Crippen LogP contribution in [0.3, 0.4) is 0 Å². The van der Waals surface area contributed by atoms with E-state index in [1.807, 2.05) is 56.5 Å². The molecular formula is C22H23N3O2. The Morgan fingerprint density at radius 3 is 2.59 bits per heavy atom. The summed E-state index contributed by atoms with van der Waals surface area (Å²) in [6.45, 7) is 7.20. The molecule has 138 valence electrons. The van der Waals surface area contributed by atoms with Gasteiger partial charge >= 0.3 is 0 Å². The lowest BCUT2D eigenvalue weighted by Gasteiger charge is -2.27. The number of phenols is 1. The van der Waals surface area contributed by atoms with Crippen LogP contribution in [-0.4, -0.2) is 41.4 Å². The molecule has 0 atom stereocenters. The highest BCUT2D eigenvalue weighted by Crippen LogP contribution is 2.30. The summed E-state index contributed by atoms with van der Waals surface area (Å²) in [5.74, 6) is 1.23. The van der Waals surface area contributed by atoms with Crippen LogP contribution in [0.15, 0.2) is 36.5 Å². The first-order valence-electron chi connectivity index (χ1n) is 9.18. The molecule has 5 nitrogen and oxygen atoms in total. The van der Waals surface area contributed by atoms with Gasteiger partial charge in [-0.1, -0.05) is 18.2 Å². The van der Waals surface area contributed by atoms with Gasteiger partial charge in [-0.3, -0.25) is 0 Å². The van der Waals surface area contributed by atoms with E-state index in [0.717, 1.165) is 59.9 Å². The molecule has 1 N–H and O–H groups in total. The van der Waals surface area contributed by atoms with Crippen LogP contribution in [0.25, 0.3) is 23.1 Å². The zero-order valence-corrected chi connectivity index (χ0v) is 15.6. The first kappa shape index (κ1) is 17.5. The summed E-state index contributed by atoms with van der Waals surface area (Å²) in [7, 11) is 0. The fraction of sp³-hybridized carbons (Fsp3) is 0.273. The summed E-state index contributed by atoms with van der Waals surface area (Å²) in [6.07, 6.45) is 5.81. The molecular weight excluding hydrogens is 338 g/mol. The standard InChI is InChI=1S/C22H23N3O2/c1-15-13-16(2)22(26)21-19(15)7-6-18(24-21)5-3-17-4-8-20(23-14-17)25-9-11-27-12-10-25/h3-8,13-14,26H,9-12H2,1-2H3. The molecule has 0 unspecified atom stereocenters. The molecule has 1 aliphatic heterocycles. The molecule has 2 aromatic heterocycles. The van der Waals surface area contributed by atoms with Crippen molar-refractivity contribution in [2.45, 2.75) is 13.8 Å². The fourth-order valence-electron chi connectivity index (χ4n) is 3.38. The van der Waals surface area contributed by atoms with Gasteiger partial charge in [-0.2, -0.15) is 0 Å². The van der Waals surface area contributed by atoms with Crippen LogP contribution in [0.2, 0.25) is 0 Å². The minimum atomic E-state index is 0.252. The number of ether oxygens (including phenoxy) is 1. The molecule has 0 saturated carbocycles. The smallest absolute Gasteiger partial charge is 0.144 e. The van der Waals surface area contributed by atoms with Gasteiger partial charge in [-0.25, -0.2) is 9.97 Å². The van der Waals surface area contributed by atoms with Crippen molar-refractivity contribution in [1.29, 1.82) is 0 Å². The number of hydrogen-bond donors (Lipinski definition) is 1. The van der Waals surface area contributed by atoms with E-state index in [9.17, 15) is 5.11 Å². The lowest BCUT2D eigenvalue weighted by Crippen LogP contribution is -2.36. The van der Waals surface area contributed by atoms with E-state index in [-0.39, 0.29) is 5.75 Å². The van der Waals surface area contributed by atoms with Crippen molar-refractivity contribution in [3.63, 3.8) is 0 Å². The Balaban J connectivity index is 1.56. The number of fused-ring (bicyclic) bond motifs is 1. The number of anilines is 1. The maximum Gasteiger partial charge on any atom is 0.144 e. The van der Waals surface area contributed by atoms with Crippen LogP contribution in [0.4, 0.5) is 5.82 Å². The molecule has 1 fully saturated rings. The summed E-state index contributed by atoms with van der Waals surface area (Å²) in [6, 6.07) is 10.1. The second kappa shape index (κ2) is 7.37. The van der Waals surface area contributed by atoms with Crippen molar-refractivity contribution >= 4 is 28.9 Å². The third kappa shape index (κ3) is 3.64. The maximum atomic E-state index is 10.3. The summed E-state index contributed by atoms with van der Waals surface area (Å²) >= 11 is 0. The van der Waals surface area contributed by atoms with Gasteiger partial charge in [0.15, 0.2) is 0 Å². The van der Waals surface area contributed by atoms with Crippen molar-refractivity contribution in [3.05, 3.63) is 58.9 Å². The predicted molar refractivity (Wildman–Crippen MR) is 109 cm³/mol. The van der Waals surface area contributed by atoms with Crippen molar-refractivity contribution in [2.24, 2.45) is 0 Å². The summed E-state index contributed by atoms with van der Waals surface area (Å²) in [5, 5.41) is 11.3. The van der Waals surface area contributed by atoms with Crippen molar-refractivity contribution in [1.82, 2.24) is 9.97 Å². The molecule has 5 heteroatoms. The largest absolute Gasteiger partial charge is 0.505 e. The van der Waals surface area contributed by atoms with Gasteiger partial charge in [-0.05, 0) is 54.8 Å². The highest BCUT2D eigenvalue weighted by atomic mass is 16.5. The molecule has 1 saturated heterocycles. The van der Waals surface area contributed by atoms with Gasteiger partial charge in [0.1, 0.15) is 17.1 Å². The van der Waals surface area contributed by atoms with Crippen molar-refractivity contribution in [2.75, 3.05) is 31.2 Å². The zero-order valence-electron chi connectivity index (χ0n) is 15.6. The molecule has 0 radical (unpaired) electrons. The Morgan fingerprint density at radius 1 is 1.04 bits per heavy atom. The number of pyridine rings is 2. The number of aromatic nitrogens is 2. The number of hydrogen-bond acceptors (Lipinski definition) is 5. The molecule has 27 heavy (non-hydrogen) atoms. The van der Waals surface area contributed by atoms with Gasteiger partial charge in [0.05, 0.1) is 18.9 Å². The van der Waals surface area contributed by atoms with Crippen molar-refractivity contribution < 1.29 is 9.84 Å². The molecule has 1 aromatic carbocycles. The first-order valence-corrected chi connectivity index (χ1v) is 9.18. The topological polar surface area (TPSA) is 58.5 Å². The summed E-state index contributed by atoms with van der Waals surface area (Å²) in [5.41, 5.74) is 4.43. The van der Waals surface area contributed by atoms with Crippen LogP contribution < -0.4 is 4.90 Å². The van der Waals surface area contributed by atoms with E-state index in [0.29, 0.717) is 5.52 Å². The Labute approximate surface area is 159 Å². The minimum absolute atomic E-state index is 0.252. The monoisotopic (exact) mass is 361 g/mol. The Kier molecular flexibility index (Phi) is 4.77. The summed E-state index contributed by atoms with van der Waals surface area (Å²) in [4.78, 5) is 11.4. The van der Waals surface area contributed by atoms with E-state index >= 15 is 0 Å². The first-order chi connectivity index (χ1) is 13.1. The number of phenolic OH excluding ortho intramolecular Hbond substituents is 1. The SMILES string of the molecule is Cc1cc(C)c2ccc(C=Cc3ccc(N4CCOCC4)nc3)nc2c1O. The molecule has 3 aromatic rings. The number of rotatable bonds is 3. The third-order valence-electron chi connectivity index (χ3n) is 4.92. The average molecular weight is 361 g/mol. The lowest BCUT2D eigenvalue weighted by atomic mass is 10.0. The Hall–Kier alpha value is -2.92. The molecule has 0 bridgehead atoms. The quantitative estimate of drug-likeness (QED) is 0.765.